The number of fused-ring (bicyclic) bond motifs is 1. The van der Waals surface area contributed by atoms with Crippen LogP contribution in [0.5, 0.6) is 5.75 Å². The fraction of sp³-hybridized carbons (Fsp3) is 0.125. The molecule has 3 rings (SSSR count). The Hall–Kier alpha value is -3.09. The Balaban J connectivity index is 1.69. The summed E-state index contributed by atoms with van der Waals surface area (Å²) in [5.41, 5.74) is 1.48. The van der Waals surface area contributed by atoms with Crippen LogP contribution in [-0.2, 0) is 4.79 Å². The normalized spacial score (nSPS) is 12.1. The van der Waals surface area contributed by atoms with Crippen molar-refractivity contribution >= 4 is 22.6 Å². The SMILES string of the molecule is CC(Oc1ccc(F)cc1)C(=O)Nc1ccc2[nH]c(=O)[nH]c2c1. The highest BCUT2D eigenvalue weighted by atomic mass is 19.1. The highest BCUT2D eigenvalue weighted by molar-refractivity contribution is 5.95. The van der Waals surface area contributed by atoms with Crippen LogP contribution in [-0.4, -0.2) is 22.0 Å². The lowest BCUT2D eigenvalue weighted by atomic mass is 10.2. The van der Waals surface area contributed by atoms with E-state index in [1.54, 1.807) is 25.1 Å². The van der Waals surface area contributed by atoms with E-state index < -0.39 is 6.10 Å². The van der Waals surface area contributed by atoms with Crippen LogP contribution in [0.1, 0.15) is 6.92 Å². The summed E-state index contributed by atoms with van der Waals surface area (Å²) in [7, 11) is 0. The van der Waals surface area contributed by atoms with Gasteiger partial charge in [-0.2, -0.15) is 0 Å². The minimum Gasteiger partial charge on any atom is -0.481 e. The summed E-state index contributed by atoms with van der Waals surface area (Å²) in [4.78, 5) is 28.6. The van der Waals surface area contributed by atoms with E-state index in [-0.39, 0.29) is 17.4 Å². The van der Waals surface area contributed by atoms with Gasteiger partial charge in [-0.05, 0) is 49.4 Å². The van der Waals surface area contributed by atoms with Crippen LogP contribution < -0.4 is 15.7 Å². The molecule has 1 heterocycles. The maximum absolute atomic E-state index is 12.8. The third-order valence-electron chi connectivity index (χ3n) is 3.28. The number of carbonyl (C=O) groups is 1. The van der Waals surface area contributed by atoms with Gasteiger partial charge in [0.15, 0.2) is 6.10 Å². The second-order valence-electron chi connectivity index (χ2n) is 5.04. The highest BCUT2D eigenvalue weighted by Crippen LogP contribution is 2.16. The Morgan fingerprint density at radius 3 is 2.57 bits per heavy atom. The summed E-state index contributed by atoms with van der Waals surface area (Å²) in [6, 6.07) is 10.4. The molecule has 6 nitrogen and oxygen atoms in total. The van der Waals surface area contributed by atoms with Crippen molar-refractivity contribution in [1.82, 2.24) is 9.97 Å². The molecule has 23 heavy (non-hydrogen) atoms. The molecule has 1 aromatic heterocycles. The van der Waals surface area contributed by atoms with Crippen molar-refractivity contribution in [2.45, 2.75) is 13.0 Å². The van der Waals surface area contributed by atoms with E-state index in [0.717, 1.165) is 0 Å². The van der Waals surface area contributed by atoms with Crippen molar-refractivity contribution in [1.29, 1.82) is 0 Å². The van der Waals surface area contributed by atoms with Gasteiger partial charge >= 0.3 is 5.69 Å². The topological polar surface area (TPSA) is 87.0 Å². The number of benzene rings is 2. The third kappa shape index (κ3) is 3.39. The number of carbonyl (C=O) groups excluding carboxylic acids is 1. The Labute approximate surface area is 130 Å². The second kappa shape index (κ2) is 5.96. The monoisotopic (exact) mass is 315 g/mol. The largest absolute Gasteiger partial charge is 0.481 e. The van der Waals surface area contributed by atoms with Crippen molar-refractivity contribution in [2.24, 2.45) is 0 Å². The Bertz CT molecular complexity index is 899. The maximum Gasteiger partial charge on any atom is 0.323 e. The van der Waals surface area contributed by atoms with Gasteiger partial charge in [-0.15, -0.1) is 0 Å². The molecular formula is C16H14FN3O3. The van der Waals surface area contributed by atoms with Gasteiger partial charge in [0.25, 0.3) is 5.91 Å². The first-order valence-electron chi connectivity index (χ1n) is 6.96. The molecule has 1 atom stereocenters. The van der Waals surface area contributed by atoms with Crippen molar-refractivity contribution < 1.29 is 13.9 Å². The molecule has 0 aliphatic rings. The van der Waals surface area contributed by atoms with Gasteiger partial charge in [0, 0.05) is 5.69 Å². The van der Waals surface area contributed by atoms with Crippen LogP contribution in [0.15, 0.2) is 47.3 Å². The predicted octanol–water partition coefficient (Wildman–Crippen LogP) is 2.40. The Morgan fingerprint density at radius 1 is 1.13 bits per heavy atom. The van der Waals surface area contributed by atoms with Gasteiger partial charge in [-0.25, -0.2) is 9.18 Å². The number of anilines is 1. The predicted molar refractivity (Wildman–Crippen MR) is 84.0 cm³/mol. The standard InChI is InChI=1S/C16H14FN3O3/c1-9(23-12-5-2-10(17)3-6-12)15(21)18-11-4-7-13-14(8-11)20-16(22)19-13/h2-9H,1H3,(H,18,21)(H2,19,20,22). The molecular weight excluding hydrogens is 301 g/mol. The lowest BCUT2D eigenvalue weighted by Gasteiger charge is -2.14. The fourth-order valence-corrected chi connectivity index (χ4v) is 2.13. The van der Waals surface area contributed by atoms with Gasteiger partial charge in [0.05, 0.1) is 11.0 Å². The second-order valence-corrected chi connectivity index (χ2v) is 5.04. The molecule has 1 amide bonds. The number of ether oxygens (including phenoxy) is 1. The fourth-order valence-electron chi connectivity index (χ4n) is 2.13. The minimum absolute atomic E-state index is 0.309. The first-order valence-corrected chi connectivity index (χ1v) is 6.96. The van der Waals surface area contributed by atoms with E-state index in [0.29, 0.717) is 22.5 Å². The van der Waals surface area contributed by atoms with E-state index in [2.05, 4.69) is 15.3 Å². The zero-order valence-electron chi connectivity index (χ0n) is 12.2. The molecule has 0 spiro atoms. The highest BCUT2D eigenvalue weighted by Gasteiger charge is 2.15. The number of hydrogen-bond acceptors (Lipinski definition) is 3. The van der Waals surface area contributed by atoms with Crippen LogP contribution in [0, 0.1) is 5.82 Å². The number of halogens is 1. The number of imidazole rings is 1. The summed E-state index contributed by atoms with van der Waals surface area (Å²) < 4.78 is 18.3. The van der Waals surface area contributed by atoms with Crippen LogP contribution in [0.2, 0.25) is 0 Å². The molecule has 0 saturated heterocycles. The molecule has 0 aliphatic heterocycles. The van der Waals surface area contributed by atoms with E-state index in [1.807, 2.05) is 0 Å². The van der Waals surface area contributed by atoms with Crippen molar-refractivity contribution in [3.8, 4) is 5.75 Å². The molecule has 0 radical (unpaired) electrons. The number of aromatic nitrogens is 2. The third-order valence-corrected chi connectivity index (χ3v) is 3.28. The smallest absolute Gasteiger partial charge is 0.323 e. The van der Waals surface area contributed by atoms with E-state index in [1.165, 1.54) is 24.3 Å². The van der Waals surface area contributed by atoms with Gasteiger partial charge in [-0.3, -0.25) is 4.79 Å². The van der Waals surface area contributed by atoms with Gasteiger partial charge in [-0.1, -0.05) is 0 Å². The molecule has 118 valence electrons. The number of amides is 1. The molecule has 0 saturated carbocycles. The van der Waals surface area contributed by atoms with Gasteiger partial charge in [0.1, 0.15) is 11.6 Å². The van der Waals surface area contributed by atoms with Crippen LogP contribution in [0.4, 0.5) is 10.1 Å². The average Bonchev–Trinajstić information content (AvgIpc) is 2.88. The lowest BCUT2D eigenvalue weighted by molar-refractivity contribution is -0.122. The quantitative estimate of drug-likeness (QED) is 0.691. The Kier molecular flexibility index (Phi) is 3.84. The number of rotatable bonds is 4. The molecule has 3 N–H and O–H groups in total. The molecule has 3 aromatic rings. The molecule has 0 bridgehead atoms. The summed E-state index contributed by atoms with van der Waals surface area (Å²) in [6.07, 6.45) is -0.763. The molecule has 2 aromatic carbocycles. The molecule has 7 heteroatoms. The average molecular weight is 315 g/mol. The zero-order valence-corrected chi connectivity index (χ0v) is 12.2. The maximum atomic E-state index is 12.8. The number of nitrogens with one attached hydrogen (secondary N) is 3. The minimum atomic E-state index is -0.763. The van der Waals surface area contributed by atoms with Crippen molar-refractivity contribution in [3.05, 3.63) is 58.8 Å². The van der Waals surface area contributed by atoms with Gasteiger partial charge < -0.3 is 20.0 Å². The number of H-pyrrole nitrogens is 2. The summed E-state index contributed by atoms with van der Waals surface area (Å²) in [6.45, 7) is 1.59. The van der Waals surface area contributed by atoms with Gasteiger partial charge in [0.2, 0.25) is 0 Å². The van der Waals surface area contributed by atoms with Crippen molar-refractivity contribution in [3.63, 3.8) is 0 Å². The van der Waals surface area contributed by atoms with Crippen LogP contribution >= 0.6 is 0 Å². The zero-order chi connectivity index (χ0) is 16.4. The molecule has 0 fully saturated rings. The Morgan fingerprint density at radius 2 is 1.83 bits per heavy atom. The summed E-state index contributed by atoms with van der Waals surface area (Å²) in [5.74, 6) is -0.325. The summed E-state index contributed by atoms with van der Waals surface area (Å²) in [5, 5.41) is 2.70. The van der Waals surface area contributed by atoms with Crippen molar-refractivity contribution in [2.75, 3.05) is 5.32 Å². The van der Waals surface area contributed by atoms with Crippen LogP contribution in [0.3, 0.4) is 0 Å². The molecule has 1 unspecified atom stereocenters. The molecule has 0 aliphatic carbocycles. The van der Waals surface area contributed by atoms with E-state index in [4.69, 9.17) is 4.74 Å². The summed E-state index contributed by atoms with van der Waals surface area (Å²) >= 11 is 0. The first kappa shape index (κ1) is 14.8. The lowest BCUT2D eigenvalue weighted by Crippen LogP contribution is -2.30. The van der Waals surface area contributed by atoms with E-state index in [9.17, 15) is 14.0 Å². The number of aromatic amines is 2. The van der Waals surface area contributed by atoms with E-state index >= 15 is 0 Å². The first-order chi connectivity index (χ1) is 11.0. The van der Waals surface area contributed by atoms with Crippen LogP contribution in [0.25, 0.3) is 11.0 Å². The number of hydrogen-bond donors (Lipinski definition) is 3.